The fourth-order valence-electron chi connectivity index (χ4n) is 1.79. The van der Waals surface area contributed by atoms with Gasteiger partial charge in [0.25, 0.3) is 0 Å². The molecule has 0 bridgehead atoms. The summed E-state index contributed by atoms with van der Waals surface area (Å²) >= 11 is 0. The molecule has 2 aromatic rings. The molecule has 0 spiro atoms. The number of nitrogens with zero attached hydrogens (tertiary/aromatic N) is 1. The molecule has 0 aliphatic carbocycles. The summed E-state index contributed by atoms with van der Waals surface area (Å²) in [6.07, 6.45) is -0.784. The molecule has 0 unspecified atom stereocenters. The van der Waals surface area contributed by atoms with Crippen LogP contribution in [0, 0.1) is 0 Å². The molecule has 0 atom stereocenters. The zero-order chi connectivity index (χ0) is 18.9. The van der Waals surface area contributed by atoms with Crippen LogP contribution in [0.25, 0.3) is 0 Å². The minimum absolute atomic E-state index is 0.0600. The zero-order valence-corrected chi connectivity index (χ0v) is 13.5. The smallest absolute Gasteiger partial charge is 0.407 e. The molecule has 0 aliphatic heterocycles. The van der Waals surface area contributed by atoms with Crippen molar-refractivity contribution in [1.82, 2.24) is 15.4 Å². The van der Waals surface area contributed by atoms with Gasteiger partial charge in [-0.3, -0.25) is 4.79 Å². The second kappa shape index (κ2) is 8.97. The van der Waals surface area contributed by atoms with E-state index in [0.717, 1.165) is 17.7 Å². The van der Waals surface area contributed by atoms with E-state index in [1.807, 2.05) is 6.07 Å². The van der Waals surface area contributed by atoms with Crippen LogP contribution in [-0.2, 0) is 20.9 Å². The van der Waals surface area contributed by atoms with Gasteiger partial charge in [0.2, 0.25) is 17.7 Å². The predicted octanol–water partition coefficient (Wildman–Crippen LogP) is -0.103. The number of amides is 2. The van der Waals surface area contributed by atoms with Crippen LogP contribution in [0.5, 0.6) is 11.8 Å². The monoisotopic (exact) mass is 363 g/mol. The number of hydrogen-bond acceptors (Lipinski definition) is 7. The second-order valence-corrected chi connectivity index (χ2v) is 5.00. The Hall–Kier alpha value is -3.69. The Morgan fingerprint density at radius 3 is 2.23 bits per heavy atom. The minimum Gasteiger partial charge on any atom is -0.492 e. The summed E-state index contributed by atoms with van der Waals surface area (Å²) in [7, 11) is 0. The number of carbonyl (C=O) groups is 3. The number of aromatic hydroxyl groups is 2. The number of hydrogen-bond donors (Lipinski definition) is 4. The second-order valence-electron chi connectivity index (χ2n) is 5.00. The van der Waals surface area contributed by atoms with Crippen molar-refractivity contribution in [3.05, 3.63) is 48.0 Å². The SMILES string of the molecule is O=C(CNC(=O)OCc1ccccc1)NCC(=O)On1c(O)ccc1O. The zero-order valence-electron chi connectivity index (χ0n) is 13.5. The first-order chi connectivity index (χ1) is 12.5. The van der Waals surface area contributed by atoms with E-state index in [1.165, 1.54) is 0 Å². The first-order valence-electron chi connectivity index (χ1n) is 7.48. The van der Waals surface area contributed by atoms with E-state index in [-0.39, 0.29) is 6.61 Å². The highest BCUT2D eigenvalue weighted by molar-refractivity contribution is 5.85. The van der Waals surface area contributed by atoms with Crippen LogP contribution in [0.3, 0.4) is 0 Å². The van der Waals surface area contributed by atoms with Crippen molar-refractivity contribution in [2.24, 2.45) is 0 Å². The van der Waals surface area contributed by atoms with E-state index in [4.69, 9.17) is 4.74 Å². The molecule has 10 nitrogen and oxygen atoms in total. The van der Waals surface area contributed by atoms with Gasteiger partial charge in [-0.25, -0.2) is 9.59 Å². The van der Waals surface area contributed by atoms with Crippen LogP contribution in [-0.4, -0.2) is 46.0 Å². The molecule has 1 aromatic heterocycles. The Labute approximate surface area is 147 Å². The summed E-state index contributed by atoms with van der Waals surface area (Å²) < 4.78 is 5.41. The van der Waals surface area contributed by atoms with Gasteiger partial charge in [-0.2, -0.15) is 0 Å². The van der Waals surface area contributed by atoms with E-state index in [0.29, 0.717) is 4.73 Å². The van der Waals surface area contributed by atoms with Gasteiger partial charge >= 0.3 is 12.1 Å². The lowest BCUT2D eigenvalue weighted by Crippen LogP contribution is -2.40. The first-order valence-corrected chi connectivity index (χ1v) is 7.48. The van der Waals surface area contributed by atoms with Crippen LogP contribution < -0.4 is 15.5 Å². The van der Waals surface area contributed by atoms with E-state index in [9.17, 15) is 24.6 Å². The van der Waals surface area contributed by atoms with Gasteiger partial charge in [-0.05, 0) is 5.56 Å². The molecule has 2 amide bonds. The van der Waals surface area contributed by atoms with Gasteiger partial charge in [-0.1, -0.05) is 30.3 Å². The number of rotatable bonds is 7. The molecule has 1 heterocycles. The van der Waals surface area contributed by atoms with Crippen LogP contribution >= 0.6 is 0 Å². The van der Waals surface area contributed by atoms with Crippen molar-refractivity contribution in [3.63, 3.8) is 0 Å². The highest BCUT2D eigenvalue weighted by Gasteiger charge is 2.13. The summed E-state index contributed by atoms with van der Waals surface area (Å²) in [5, 5.41) is 23.1. The number of carbonyl (C=O) groups excluding carboxylic acids is 3. The van der Waals surface area contributed by atoms with Gasteiger partial charge in [0, 0.05) is 12.1 Å². The van der Waals surface area contributed by atoms with Crippen molar-refractivity contribution < 1.29 is 34.2 Å². The van der Waals surface area contributed by atoms with Crippen LogP contribution in [0.1, 0.15) is 5.56 Å². The quantitative estimate of drug-likeness (QED) is 0.538. The molecule has 0 fully saturated rings. The standard InChI is InChI=1S/C16H17N3O7/c20-12(8-18-16(24)25-10-11-4-2-1-3-5-11)17-9-15(23)26-19-13(21)6-7-14(19)22/h1-7,21-22H,8-10H2,(H,17,20)(H,18,24). The molecular weight excluding hydrogens is 346 g/mol. The summed E-state index contributed by atoms with van der Waals surface area (Å²) in [5.74, 6) is -2.55. The maximum Gasteiger partial charge on any atom is 0.407 e. The van der Waals surface area contributed by atoms with Gasteiger partial charge in [-0.15, -0.1) is 4.73 Å². The van der Waals surface area contributed by atoms with E-state index >= 15 is 0 Å². The largest absolute Gasteiger partial charge is 0.492 e. The van der Waals surface area contributed by atoms with E-state index in [1.54, 1.807) is 24.3 Å². The summed E-state index contributed by atoms with van der Waals surface area (Å²) in [4.78, 5) is 39.2. The molecule has 4 N–H and O–H groups in total. The van der Waals surface area contributed by atoms with E-state index in [2.05, 4.69) is 15.5 Å². The average Bonchev–Trinajstić information content (AvgIpc) is 2.95. The highest BCUT2D eigenvalue weighted by atomic mass is 16.7. The van der Waals surface area contributed by atoms with Crippen molar-refractivity contribution in [2.75, 3.05) is 13.1 Å². The van der Waals surface area contributed by atoms with Gasteiger partial charge in [0.1, 0.15) is 19.7 Å². The third kappa shape index (κ3) is 5.74. The van der Waals surface area contributed by atoms with Crippen molar-refractivity contribution in [2.45, 2.75) is 6.61 Å². The molecule has 0 radical (unpaired) electrons. The summed E-state index contributed by atoms with van der Waals surface area (Å²) in [6.45, 7) is -0.873. The lowest BCUT2D eigenvalue weighted by Gasteiger charge is -2.09. The predicted molar refractivity (Wildman–Crippen MR) is 87.0 cm³/mol. The summed E-state index contributed by atoms with van der Waals surface area (Å²) in [5.41, 5.74) is 0.798. The maximum atomic E-state index is 11.6. The minimum atomic E-state index is -0.938. The van der Waals surface area contributed by atoms with E-state index < -0.39 is 42.8 Å². The normalized spacial score (nSPS) is 10.0. The Bertz CT molecular complexity index is 754. The maximum absolute atomic E-state index is 11.6. The fraction of sp³-hybridized carbons (Fsp3) is 0.188. The number of aromatic nitrogens is 1. The number of ether oxygens (including phenoxy) is 1. The third-order valence-electron chi connectivity index (χ3n) is 3.03. The molecule has 0 saturated heterocycles. The topological polar surface area (TPSA) is 139 Å². The van der Waals surface area contributed by atoms with Crippen molar-refractivity contribution >= 4 is 18.0 Å². The number of nitrogens with one attached hydrogen (secondary N) is 2. The number of benzene rings is 1. The van der Waals surface area contributed by atoms with Crippen LogP contribution in [0.2, 0.25) is 0 Å². The van der Waals surface area contributed by atoms with Crippen LogP contribution in [0.15, 0.2) is 42.5 Å². The van der Waals surface area contributed by atoms with Crippen molar-refractivity contribution in [1.29, 1.82) is 0 Å². The molecule has 1 aromatic carbocycles. The van der Waals surface area contributed by atoms with Gasteiger partial charge in [0.15, 0.2) is 0 Å². The molecule has 2 rings (SSSR count). The van der Waals surface area contributed by atoms with Crippen molar-refractivity contribution in [3.8, 4) is 11.8 Å². The third-order valence-corrected chi connectivity index (χ3v) is 3.03. The Morgan fingerprint density at radius 2 is 1.58 bits per heavy atom. The lowest BCUT2D eigenvalue weighted by atomic mass is 10.2. The molecule has 10 heteroatoms. The summed E-state index contributed by atoms with van der Waals surface area (Å²) in [6, 6.07) is 11.2. The Morgan fingerprint density at radius 1 is 0.923 bits per heavy atom. The first kappa shape index (κ1) is 18.6. The molecule has 26 heavy (non-hydrogen) atoms. The number of alkyl carbamates (subject to hydrolysis) is 1. The highest BCUT2D eigenvalue weighted by Crippen LogP contribution is 2.18. The van der Waals surface area contributed by atoms with Gasteiger partial charge < -0.3 is 30.4 Å². The molecule has 138 valence electrons. The van der Waals surface area contributed by atoms with Crippen LogP contribution in [0.4, 0.5) is 4.79 Å². The average molecular weight is 363 g/mol. The van der Waals surface area contributed by atoms with Gasteiger partial charge in [0.05, 0.1) is 0 Å². The lowest BCUT2D eigenvalue weighted by molar-refractivity contribution is -0.145. The molecule has 0 saturated carbocycles. The Balaban J connectivity index is 1.64. The Kier molecular flexibility index (Phi) is 6.43. The molecular formula is C16H17N3O7. The molecule has 0 aliphatic rings. The fourth-order valence-corrected chi connectivity index (χ4v) is 1.79.